The number of rotatable bonds is 9. The van der Waals surface area contributed by atoms with E-state index >= 15 is 0 Å². The largest absolute Gasteiger partial charge is 0.493 e. The lowest BCUT2D eigenvalue weighted by Gasteiger charge is -2.17. The van der Waals surface area contributed by atoms with Crippen molar-refractivity contribution in [2.24, 2.45) is 0 Å². The first kappa shape index (κ1) is 20.6. The molecule has 0 atom stereocenters. The van der Waals surface area contributed by atoms with Crippen molar-refractivity contribution in [1.29, 1.82) is 0 Å². The molecule has 1 aromatic carbocycles. The van der Waals surface area contributed by atoms with Crippen LogP contribution in [0.25, 0.3) is 0 Å². The van der Waals surface area contributed by atoms with Gasteiger partial charge in [-0.1, -0.05) is 25.1 Å². The standard InChI is InChI=1S/C18H23F2N3O4/c1-11(2)13-8-17(27-22-13)21-16(24)10-23(3)9-12-5-6-14(26-18(19)20)15(7-12)25-4/h5-8,11,18H,9-10H2,1-4H3,(H,21,24). The van der Waals surface area contributed by atoms with Gasteiger partial charge in [0, 0.05) is 12.6 Å². The van der Waals surface area contributed by atoms with Crippen LogP contribution < -0.4 is 14.8 Å². The smallest absolute Gasteiger partial charge is 0.387 e. The van der Waals surface area contributed by atoms with Crippen LogP contribution in [0.2, 0.25) is 0 Å². The van der Waals surface area contributed by atoms with Crippen LogP contribution in [-0.2, 0) is 11.3 Å². The van der Waals surface area contributed by atoms with E-state index in [-0.39, 0.29) is 29.9 Å². The molecule has 0 aliphatic carbocycles. The normalized spacial score (nSPS) is 11.3. The van der Waals surface area contributed by atoms with Gasteiger partial charge in [0.1, 0.15) is 0 Å². The third kappa shape index (κ3) is 6.21. The maximum atomic E-state index is 12.4. The molecule has 2 aromatic rings. The number of carbonyl (C=O) groups excluding carboxylic acids is 1. The fraction of sp³-hybridized carbons (Fsp3) is 0.444. The van der Waals surface area contributed by atoms with E-state index in [1.807, 2.05) is 13.8 Å². The highest BCUT2D eigenvalue weighted by Crippen LogP contribution is 2.29. The van der Waals surface area contributed by atoms with E-state index in [4.69, 9.17) is 9.26 Å². The number of hydrogen-bond acceptors (Lipinski definition) is 6. The van der Waals surface area contributed by atoms with E-state index in [1.54, 1.807) is 30.1 Å². The first-order valence-electron chi connectivity index (χ1n) is 8.35. The molecule has 27 heavy (non-hydrogen) atoms. The molecule has 0 spiro atoms. The third-order valence-corrected chi connectivity index (χ3v) is 3.69. The number of likely N-dealkylation sites (N-methyl/N-ethyl adjacent to an activating group) is 1. The van der Waals surface area contributed by atoms with Gasteiger partial charge in [0.05, 0.1) is 19.3 Å². The summed E-state index contributed by atoms with van der Waals surface area (Å²) in [7, 11) is 3.13. The molecule has 7 nitrogen and oxygen atoms in total. The molecule has 2 rings (SSSR count). The van der Waals surface area contributed by atoms with Gasteiger partial charge in [-0.25, -0.2) is 0 Å². The molecule has 0 saturated heterocycles. The Labute approximate surface area is 156 Å². The highest BCUT2D eigenvalue weighted by atomic mass is 19.3. The van der Waals surface area contributed by atoms with Crippen LogP contribution in [0.15, 0.2) is 28.8 Å². The van der Waals surface area contributed by atoms with Gasteiger partial charge in [-0.2, -0.15) is 8.78 Å². The van der Waals surface area contributed by atoms with Crippen LogP contribution >= 0.6 is 0 Å². The fourth-order valence-electron chi connectivity index (χ4n) is 2.41. The zero-order valence-corrected chi connectivity index (χ0v) is 15.7. The Morgan fingerprint density at radius 2 is 2.04 bits per heavy atom. The van der Waals surface area contributed by atoms with E-state index < -0.39 is 6.61 Å². The summed E-state index contributed by atoms with van der Waals surface area (Å²) in [6.45, 7) is 1.54. The number of anilines is 1. The molecule has 0 saturated carbocycles. The maximum absolute atomic E-state index is 12.4. The van der Waals surface area contributed by atoms with E-state index in [1.165, 1.54) is 13.2 Å². The molecule has 9 heteroatoms. The number of halogens is 2. The molecule has 1 aromatic heterocycles. The first-order chi connectivity index (χ1) is 12.8. The van der Waals surface area contributed by atoms with Crippen molar-refractivity contribution in [3.63, 3.8) is 0 Å². The van der Waals surface area contributed by atoms with E-state index in [0.29, 0.717) is 12.4 Å². The Morgan fingerprint density at radius 3 is 2.63 bits per heavy atom. The summed E-state index contributed by atoms with van der Waals surface area (Å²) >= 11 is 0. The van der Waals surface area contributed by atoms with Gasteiger partial charge in [0.15, 0.2) is 11.5 Å². The second kappa shape index (κ2) is 9.31. The number of carbonyl (C=O) groups is 1. The van der Waals surface area contributed by atoms with Crippen LogP contribution in [0.1, 0.15) is 31.0 Å². The number of amides is 1. The number of hydrogen-bond donors (Lipinski definition) is 1. The minimum absolute atomic E-state index is 0.0390. The zero-order chi connectivity index (χ0) is 20.0. The molecule has 0 aliphatic rings. The molecular weight excluding hydrogens is 360 g/mol. The average Bonchev–Trinajstić information content (AvgIpc) is 3.04. The van der Waals surface area contributed by atoms with Crippen molar-refractivity contribution in [3.05, 3.63) is 35.5 Å². The topological polar surface area (TPSA) is 76.8 Å². The van der Waals surface area contributed by atoms with Gasteiger partial charge < -0.3 is 14.0 Å². The quantitative estimate of drug-likeness (QED) is 0.714. The van der Waals surface area contributed by atoms with E-state index in [0.717, 1.165) is 11.3 Å². The number of aromatic nitrogens is 1. The summed E-state index contributed by atoms with van der Waals surface area (Å²) in [6.07, 6.45) is 0. The second-order valence-corrected chi connectivity index (χ2v) is 6.35. The van der Waals surface area contributed by atoms with Crippen LogP contribution in [0, 0.1) is 0 Å². The molecule has 1 N–H and O–H groups in total. The Hall–Kier alpha value is -2.68. The molecule has 0 radical (unpaired) electrons. The molecule has 0 fully saturated rings. The summed E-state index contributed by atoms with van der Waals surface area (Å²) < 4.78 is 39.3. The van der Waals surface area contributed by atoms with Gasteiger partial charge in [-0.3, -0.25) is 15.0 Å². The van der Waals surface area contributed by atoms with Crippen molar-refractivity contribution in [3.8, 4) is 11.5 Å². The number of nitrogens with zero attached hydrogens (tertiary/aromatic N) is 2. The first-order valence-corrected chi connectivity index (χ1v) is 8.35. The summed E-state index contributed by atoms with van der Waals surface area (Å²) in [6, 6.07) is 6.34. The number of benzene rings is 1. The van der Waals surface area contributed by atoms with Gasteiger partial charge >= 0.3 is 6.61 Å². The molecule has 1 heterocycles. The van der Waals surface area contributed by atoms with Crippen LogP contribution in [-0.4, -0.2) is 43.3 Å². The van der Waals surface area contributed by atoms with Crippen molar-refractivity contribution < 1.29 is 27.6 Å². The number of alkyl halides is 2. The van der Waals surface area contributed by atoms with E-state index in [9.17, 15) is 13.6 Å². The molecule has 148 valence electrons. The highest BCUT2D eigenvalue weighted by molar-refractivity contribution is 5.90. The van der Waals surface area contributed by atoms with Gasteiger partial charge in [0.2, 0.25) is 11.8 Å². The lowest BCUT2D eigenvalue weighted by Crippen LogP contribution is -2.29. The monoisotopic (exact) mass is 383 g/mol. The third-order valence-electron chi connectivity index (χ3n) is 3.69. The minimum Gasteiger partial charge on any atom is -0.493 e. The van der Waals surface area contributed by atoms with Crippen molar-refractivity contribution >= 4 is 11.8 Å². The highest BCUT2D eigenvalue weighted by Gasteiger charge is 2.14. The summed E-state index contributed by atoms with van der Waals surface area (Å²) in [4.78, 5) is 13.9. The van der Waals surface area contributed by atoms with Gasteiger partial charge in [-0.15, -0.1) is 0 Å². The molecule has 0 aliphatic heterocycles. The fourth-order valence-corrected chi connectivity index (χ4v) is 2.41. The Bertz CT molecular complexity index is 765. The Morgan fingerprint density at radius 1 is 1.30 bits per heavy atom. The van der Waals surface area contributed by atoms with Crippen LogP contribution in [0.4, 0.5) is 14.7 Å². The predicted octanol–water partition coefficient (Wildman–Crippen LogP) is 3.48. The number of nitrogens with one attached hydrogen (secondary N) is 1. The lowest BCUT2D eigenvalue weighted by atomic mass is 10.1. The summed E-state index contributed by atoms with van der Waals surface area (Å²) in [5.41, 5.74) is 1.54. The molecular formula is C18H23F2N3O4. The van der Waals surface area contributed by atoms with E-state index in [2.05, 4.69) is 15.2 Å². The predicted molar refractivity (Wildman–Crippen MR) is 95.2 cm³/mol. The Balaban J connectivity index is 1.92. The lowest BCUT2D eigenvalue weighted by molar-refractivity contribution is -0.117. The maximum Gasteiger partial charge on any atom is 0.387 e. The number of methoxy groups -OCH3 is 1. The number of ether oxygens (including phenoxy) is 2. The Kier molecular flexibility index (Phi) is 7.12. The molecule has 1 amide bonds. The van der Waals surface area contributed by atoms with Crippen molar-refractivity contribution in [1.82, 2.24) is 10.1 Å². The SMILES string of the molecule is COc1cc(CN(C)CC(=O)Nc2cc(C(C)C)no2)ccc1OC(F)F. The summed E-state index contributed by atoms with van der Waals surface area (Å²) in [5, 5.41) is 6.53. The van der Waals surface area contributed by atoms with Crippen LogP contribution in [0.3, 0.4) is 0 Å². The minimum atomic E-state index is -2.93. The van der Waals surface area contributed by atoms with Gasteiger partial charge in [0.25, 0.3) is 0 Å². The average molecular weight is 383 g/mol. The van der Waals surface area contributed by atoms with Crippen molar-refractivity contribution in [2.75, 3.05) is 26.0 Å². The van der Waals surface area contributed by atoms with Gasteiger partial charge in [-0.05, 0) is 30.7 Å². The second-order valence-electron chi connectivity index (χ2n) is 6.35. The molecule has 0 unspecified atom stereocenters. The van der Waals surface area contributed by atoms with Crippen LogP contribution in [0.5, 0.6) is 11.5 Å². The molecule has 0 bridgehead atoms. The zero-order valence-electron chi connectivity index (χ0n) is 15.7. The summed E-state index contributed by atoms with van der Waals surface area (Å²) in [5.74, 6) is 0.409. The van der Waals surface area contributed by atoms with Crippen molar-refractivity contribution in [2.45, 2.75) is 32.9 Å².